The molecule has 1 atom stereocenters. The van der Waals surface area contributed by atoms with Crippen LogP contribution in [0.4, 0.5) is 5.69 Å². The van der Waals surface area contributed by atoms with Gasteiger partial charge < -0.3 is 15.5 Å². The Kier molecular flexibility index (Phi) is 4.69. The number of amides is 1. The van der Waals surface area contributed by atoms with Gasteiger partial charge in [-0.2, -0.15) is 0 Å². The Balaban J connectivity index is 1.88. The number of amidine groups is 1. The van der Waals surface area contributed by atoms with Gasteiger partial charge >= 0.3 is 0 Å². The van der Waals surface area contributed by atoms with Gasteiger partial charge in [-0.1, -0.05) is 30.9 Å². The molecule has 2 saturated heterocycles. The van der Waals surface area contributed by atoms with Crippen LogP contribution < -0.4 is 10.6 Å². The van der Waals surface area contributed by atoms with E-state index in [4.69, 9.17) is 4.99 Å². The molecule has 0 unspecified atom stereocenters. The predicted molar refractivity (Wildman–Crippen MR) is 97.6 cm³/mol. The fourth-order valence-corrected chi connectivity index (χ4v) is 3.30. The maximum atomic E-state index is 12.1. The van der Waals surface area contributed by atoms with Crippen LogP contribution in [-0.2, 0) is 4.79 Å². The Bertz CT molecular complexity index is 720. The number of nitrogens with one attached hydrogen (secondary N) is 2. The van der Waals surface area contributed by atoms with E-state index in [0.717, 1.165) is 42.2 Å². The quantitative estimate of drug-likeness (QED) is 0.898. The first-order valence-electron chi connectivity index (χ1n) is 8.42. The molecule has 5 nitrogen and oxygen atoms in total. The van der Waals surface area contributed by atoms with E-state index < -0.39 is 0 Å². The first-order valence-corrected chi connectivity index (χ1v) is 8.42. The predicted octanol–water partition coefficient (Wildman–Crippen LogP) is 3.16. The van der Waals surface area contributed by atoms with Crippen LogP contribution >= 0.6 is 0 Å². The van der Waals surface area contributed by atoms with Crippen molar-refractivity contribution < 1.29 is 4.79 Å². The molecular formula is C19H24N4O. The first-order chi connectivity index (χ1) is 11.6. The zero-order valence-electron chi connectivity index (χ0n) is 14.3. The highest BCUT2D eigenvalue weighted by Crippen LogP contribution is 2.26. The average molecular weight is 324 g/mol. The highest BCUT2D eigenvalue weighted by molar-refractivity contribution is 6.03. The summed E-state index contributed by atoms with van der Waals surface area (Å²) < 4.78 is 0. The van der Waals surface area contributed by atoms with Crippen LogP contribution in [0, 0.1) is 6.92 Å². The molecule has 2 aliphatic heterocycles. The minimum Gasteiger partial charge on any atom is -0.351 e. The summed E-state index contributed by atoms with van der Waals surface area (Å²) in [6, 6.07) is 8.26. The molecule has 0 saturated carbocycles. The van der Waals surface area contributed by atoms with Gasteiger partial charge in [0.1, 0.15) is 5.82 Å². The number of hydrogen-bond donors (Lipinski definition) is 2. The summed E-state index contributed by atoms with van der Waals surface area (Å²) in [5.41, 5.74) is 2.89. The normalized spacial score (nSPS) is 23.8. The maximum absolute atomic E-state index is 12.1. The average Bonchev–Trinajstić information content (AvgIpc) is 2.96. The van der Waals surface area contributed by atoms with E-state index in [9.17, 15) is 4.79 Å². The van der Waals surface area contributed by atoms with Gasteiger partial charge in [0.05, 0.1) is 5.70 Å². The third kappa shape index (κ3) is 3.35. The van der Waals surface area contributed by atoms with Crippen molar-refractivity contribution >= 4 is 17.4 Å². The molecular weight excluding hydrogens is 300 g/mol. The third-order valence-corrected chi connectivity index (χ3v) is 4.54. The smallest absolute Gasteiger partial charge is 0.226 e. The summed E-state index contributed by atoms with van der Waals surface area (Å²) in [4.78, 5) is 19.0. The van der Waals surface area contributed by atoms with Crippen molar-refractivity contribution in [3.63, 3.8) is 0 Å². The summed E-state index contributed by atoms with van der Waals surface area (Å²) >= 11 is 0. The Morgan fingerprint density at radius 2 is 2.25 bits per heavy atom. The van der Waals surface area contributed by atoms with Gasteiger partial charge in [0.15, 0.2) is 5.84 Å². The molecule has 1 aromatic carbocycles. The molecule has 1 aromatic rings. The lowest BCUT2D eigenvalue weighted by molar-refractivity contribution is -0.120. The second-order valence-electron chi connectivity index (χ2n) is 6.27. The van der Waals surface area contributed by atoms with E-state index in [0.29, 0.717) is 12.2 Å². The van der Waals surface area contributed by atoms with Crippen molar-refractivity contribution in [2.45, 2.75) is 39.2 Å². The van der Waals surface area contributed by atoms with Crippen molar-refractivity contribution in [1.82, 2.24) is 10.2 Å². The minimum absolute atomic E-state index is 0.0580. The molecule has 2 N–H and O–H groups in total. The Morgan fingerprint density at radius 1 is 1.46 bits per heavy atom. The van der Waals surface area contributed by atoms with Crippen molar-refractivity contribution in [2.24, 2.45) is 4.99 Å². The first kappa shape index (κ1) is 16.3. The summed E-state index contributed by atoms with van der Waals surface area (Å²) in [6.07, 6.45) is 4.54. The molecule has 5 heteroatoms. The number of nitrogens with zero attached hydrogens (tertiary/aromatic N) is 2. The summed E-state index contributed by atoms with van der Waals surface area (Å²) in [5, 5.41) is 6.23. The van der Waals surface area contributed by atoms with E-state index in [-0.39, 0.29) is 11.9 Å². The zero-order valence-corrected chi connectivity index (χ0v) is 14.3. The SMILES string of the molecule is C=C(N=C1/C(=C\C)NC(=O)C[C@@H]2CCCN12)Nc1ccccc1C. The highest BCUT2D eigenvalue weighted by atomic mass is 16.1. The molecule has 2 heterocycles. The number of benzene rings is 1. The number of anilines is 1. The number of carbonyl (C=O) groups is 1. The van der Waals surface area contributed by atoms with E-state index in [1.54, 1.807) is 0 Å². The van der Waals surface area contributed by atoms with Crippen LogP contribution in [0.15, 0.2) is 53.4 Å². The molecule has 0 bridgehead atoms. The fourth-order valence-electron chi connectivity index (χ4n) is 3.30. The van der Waals surface area contributed by atoms with Crippen LogP contribution in [0.5, 0.6) is 0 Å². The lowest BCUT2D eigenvalue weighted by Gasteiger charge is -2.25. The van der Waals surface area contributed by atoms with Crippen LogP contribution in [-0.4, -0.2) is 29.2 Å². The van der Waals surface area contributed by atoms with Crippen molar-refractivity contribution in [3.05, 3.63) is 54.0 Å². The molecule has 24 heavy (non-hydrogen) atoms. The zero-order chi connectivity index (χ0) is 17.1. The summed E-state index contributed by atoms with van der Waals surface area (Å²) in [6.45, 7) is 8.94. The summed E-state index contributed by atoms with van der Waals surface area (Å²) in [7, 11) is 0. The lowest BCUT2D eigenvalue weighted by Crippen LogP contribution is -2.36. The van der Waals surface area contributed by atoms with Gasteiger partial charge in [-0.05, 0) is 38.3 Å². The number of carbonyl (C=O) groups excluding carboxylic acids is 1. The van der Waals surface area contributed by atoms with Gasteiger partial charge in [-0.25, -0.2) is 4.99 Å². The molecule has 0 spiro atoms. The van der Waals surface area contributed by atoms with Crippen molar-refractivity contribution in [2.75, 3.05) is 11.9 Å². The Hall–Kier alpha value is -2.56. The van der Waals surface area contributed by atoms with Crippen LogP contribution in [0.3, 0.4) is 0 Å². The maximum Gasteiger partial charge on any atom is 0.226 e. The molecule has 1 amide bonds. The van der Waals surface area contributed by atoms with Gasteiger partial charge in [0, 0.05) is 24.7 Å². The van der Waals surface area contributed by atoms with Crippen LogP contribution in [0.25, 0.3) is 0 Å². The second kappa shape index (κ2) is 6.91. The number of fused-ring (bicyclic) bond motifs is 1. The molecule has 3 rings (SSSR count). The van der Waals surface area contributed by atoms with Crippen molar-refractivity contribution in [1.29, 1.82) is 0 Å². The molecule has 0 radical (unpaired) electrons. The minimum atomic E-state index is 0.0580. The third-order valence-electron chi connectivity index (χ3n) is 4.54. The summed E-state index contributed by atoms with van der Waals surface area (Å²) in [5.74, 6) is 1.43. The van der Waals surface area contributed by atoms with E-state index in [1.165, 1.54) is 0 Å². The number of para-hydroxylation sites is 1. The van der Waals surface area contributed by atoms with Gasteiger partial charge in [0.2, 0.25) is 5.91 Å². The topological polar surface area (TPSA) is 56.7 Å². The van der Waals surface area contributed by atoms with Gasteiger partial charge in [0.25, 0.3) is 0 Å². The largest absolute Gasteiger partial charge is 0.351 e. The molecule has 2 fully saturated rings. The van der Waals surface area contributed by atoms with Gasteiger partial charge in [-0.3, -0.25) is 4.79 Å². The van der Waals surface area contributed by atoms with Crippen molar-refractivity contribution in [3.8, 4) is 0 Å². The number of hydrogen-bond acceptors (Lipinski definition) is 3. The van der Waals surface area contributed by atoms with E-state index in [2.05, 4.69) is 22.1 Å². The highest BCUT2D eigenvalue weighted by Gasteiger charge is 2.34. The standard InChI is InChI=1S/C19H24N4O/c1-4-16-19(23-11-7-9-15(23)12-18(24)22-16)21-14(3)20-17-10-6-5-8-13(17)2/h4-6,8,10,15,20H,3,7,9,11-12H2,1-2H3,(H,22,24)/b16-4+,21-19?/t15-/m0/s1. The van der Waals surface area contributed by atoms with Gasteiger partial charge in [-0.15, -0.1) is 0 Å². The second-order valence-corrected chi connectivity index (χ2v) is 6.27. The number of aryl methyl sites for hydroxylation is 1. The van der Waals surface area contributed by atoms with E-state index in [1.807, 2.05) is 44.2 Å². The fraction of sp³-hybridized carbons (Fsp3) is 0.368. The molecule has 0 aromatic heterocycles. The lowest BCUT2D eigenvalue weighted by atomic mass is 10.1. The number of allylic oxidation sites excluding steroid dienone is 1. The Morgan fingerprint density at radius 3 is 3.00 bits per heavy atom. The molecule has 0 aliphatic carbocycles. The number of rotatable bonds is 3. The molecule has 2 aliphatic rings. The molecule has 126 valence electrons. The van der Waals surface area contributed by atoms with Crippen LogP contribution in [0.1, 0.15) is 31.7 Å². The number of aliphatic imine (C=N–C) groups is 1. The van der Waals surface area contributed by atoms with Crippen LogP contribution in [0.2, 0.25) is 0 Å². The van der Waals surface area contributed by atoms with E-state index >= 15 is 0 Å². The monoisotopic (exact) mass is 324 g/mol. The Labute approximate surface area is 143 Å².